The Labute approximate surface area is 164 Å². The van der Waals surface area contributed by atoms with Crippen LogP contribution in [0.1, 0.15) is 29.6 Å². The van der Waals surface area contributed by atoms with E-state index in [4.69, 9.17) is 11.0 Å². The van der Waals surface area contributed by atoms with E-state index in [1.54, 1.807) is 21.9 Å². The zero-order chi connectivity index (χ0) is 20.1. The molecule has 2 saturated heterocycles. The molecule has 0 radical (unpaired) electrons. The Morgan fingerprint density at radius 2 is 1.71 bits per heavy atom. The van der Waals surface area contributed by atoms with Crippen LogP contribution in [0.4, 0.5) is 0 Å². The largest absolute Gasteiger partial charge is 0.339 e. The summed E-state index contributed by atoms with van der Waals surface area (Å²) in [7, 11) is 0. The van der Waals surface area contributed by atoms with E-state index in [9.17, 15) is 14.4 Å². The SMILES string of the molecule is N#C[C@@H]1CCCN1C(=O)C(N)CC(=O)N1CCN(C(=O)c2ccccc2)CC1. The Bertz CT molecular complexity index is 768. The van der Waals surface area contributed by atoms with Crippen molar-refractivity contribution >= 4 is 17.7 Å². The average Bonchev–Trinajstić information content (AvgIpc) is 3.22. The molecule has 0 saturated carbocycles. The second kappa shape index (κ2) is 8.85. The second-order valence-corrected chi connectivity index (χ2v) is 7.17. The molecule has 0 aliphatic carbocycles. The van der Waals surface area contributed by atoms with Gasteiger partial charge in [-0.05, 0) is 25.0 Å². The number of benzene rings is 1. The van der Waals surface area contributed by atoms with Gasteiger partial charge in [-0.3, -0.25) is 14.4 Å². The molecule has 0 spiro atoms. The molecule has 1 aromatic rings. The van der Waals surface area contributed by atoms with Gasteiger partial charge in [0.15, 0.2) is 0 Å². The average molecular weight is 383 g/mol. The zero-order valence-corrected chi connectivity index (χ0v) is 15.8. The number of hydrogen-bond acceptors (Lipinski definition) is 5. The van der Waals surface area contributed by atoms with E-state index in [2.05, 4.69) is 6.07 Å². The highest BCUT2D eigenvalue weighted by atomic mass is 16.2. The van der Waals surface area contributed by atoms with E-state index < -0.39 is 12.1 Å². The van der Waals surface area contributed by atoms with Crippen LogP contribution in [0.3, 0.4) is 0 Å². The molecule has 1 aromatic carbocycles. The van der Waals surface area contributed by atoms with Gasteiger partial charge in [0.05, 0.1) is 18.5 Å². The van der Waals surface area contributed by atoms with Gasteiger partial charge < -0.3 is 20.4 Å². The third kappa shape index (κ3) is 4.31. The maximum atomic E-state index is 12.5. The van der Waals surface area contributed by atoms with Crippen molar-refractivity contribution in [2.24, 2.45) is 5.73 Å². The van der Waals surface area contributed by atoms with Crippen LogP contribution in [0.5, 0.6) is 0 Å². The first kappa shape index (κ1) is 19.8. The van der Waals surface area contributed by atoms with Gasteiger partial charge in [0.1, 0.15) is 6.04 Å². The Morgan fingerprint density at radius 3 is 2.36 bits per heavy atom. The number of nitrogens with two attached hydrogens (primary N) is 1. The number of piperazine rings is 1. The van der Waals surface area contributed by atoms with Crippen molar-refractivity contribution in [3.8, 4) is 6.07 Å². The third-order valence-corrected chi connectivity index (χ3v) is 5.34. The van der Waals surface area contributed by atoms with E-state index in [1.165, 1.54) is 4.90 Å². The fourth-order valence-corrected chi connectivity index (χ4v) is 3.70. The molecule has 2 N–H and O–H groups in total. The lowest BCUT2D eigenvalue weighted by molar-refractivity contribution is -0.139. The normalized spacial score (nSPS) is 20.6. The number of likely N-dealkylation sites (tertiary alicyclic amines) is 1. The standard InChI is InChI=1S/C20H25N5O3/c21-14-16-7-4-8-25(16)20(28)17(22)13-18(26)23-9-11-24(12-10-23)19(27)15-5-2-1-3-6-15/h1-3,5-6,16-17H,4,7-13,22H2/t16-,17?/m0/s1. The molecule has 2 fully saturated rings. The number of amides is 3. The molecule has 28 heavy (non-hydrogen) atoms. The third-order valence-electron chi connectivity index (χ3n) is 5.34. The minimum Gasteiger partial charge on any atom is -0.339 e. The van der Waals surface area contributed by atoms with Crippen LogP contribution in [0.15, 0.2) is 30.3 Å². The summed E-state index contributed by atoms with van der Waals surface area (Å²) in [6, 6.07) is 9.78. The molecule has 2 atom stereocenters. The topological polar surface area (TPSA) is 111 Å². The van der Waals surface area contributed by atoms with Crippen molar-refractivity contribution in [3.05, 3.63) is 35.9 Å². The quantitative estimate of drug-likeness (QED) is 0.799. The van der Waals surface area contributed by atoms with Crippen molar-refractivity contribution in [2.45, 2.75) is 31.3 Å². The van der Waals surface area contributed by atoms with Gasteiger partial charge in [-0.2, -0.15) is 5.26 Å². The fraction of sp³-hybridized carbons (Fsp3) is 0.500. The monoisotopic (exact) mass is 383 g/mol. The van der Waals surface area contributed by atoms with Crippen LogP contribution in [0.2, 0.25) is 0 Å². The summed E-state index contributed by atoms with van der Waals surface area (Å²) in [6.45, 7) is 2.25. The maximum Gasteiger partial charge on any atom is 0.253 e. The van der Waals surface area contributed by atoms with Crippen LogP contribution in [-0.4, -0.2) is 77.2 Å². The molecule has 2 aliphatic heterocycles. The molecule has 3 amide bonds. The fourth-order valence-electron chi connectivity index (χ4n) is 3.70. The molecule has 0 bridgehead atoms. The lowest BCUT2D eigenvalue weighted by Crippen LogP contribution is -2.53. The summed E-state index contributed by atoms with van der Waals surface area (Å²) in [5.41, 5.74) is 6.59. The number of carbonyl (C=O) groups is 3. The minimum absolute atomic E-state index is 0.0452. The highest BCUT2D eigenvalue weighted by Crippen LogP contribution is 2.18. The predicted octanol–water partition coefficient (Wildman–Crippen LogP) is 0.203. The van der Waals surface area contributed by atoms with E-state index in [0.717, 1.165) is 6.42 Å². The summed E-state index contributed by atoms with van der Waals surface area (Å²) in [5.74, 6) is -0.577. The highest BCUT2D eigenvalue weighted by molar-refractivity contribution is 5.94. The van der Waals surface area contributed by atoms with Crippen LogP contribution in [0.25, 0.3) is 0 Å². The van der Waals surface area contributed by atoms with Gasteiger partial charge in [0.2, 0.25) is 11.8 Å². The number of carbonyl (C=O) groups excluding carboxylic acids is 3. The van der Waals surface area contributed by atoms with Gasteiger partial charge >= 0.3 is 0 Å². The van der Waals surface area contributed by atoms with Gasteiger partial charge in [-0.15, -0.1) is 0 Å². The Hall–Kier alpha value is -2.92. The predicted molar refractivity (Wildman–Crippen MR) is 102 cm³/mol. The van der Waals surface area contributed by atoms with Gasteiger partial charge in [-0.25, -0.2) is 0 Å². The summed E-state index contributed by atoms with van der Waals surface area (Å²) in [6.07, 6.45) is 1.35. The highest BCUT2D eigenvalue weighted by Gasteiger charge is 2.33. The van der Waals surface area contributed by atoms with Gasteiger partial charge in [0.25, 0.3) is 5.91 Å². The molecule has 3 rings (SSSR count). The first-order chi connectivity index (χ1) is 13.5. The van der Waals surface area contributed by atoms with Gasteiger partial charge in [0, 0.05) is 38.3 Å². The minimum atomic E-state index is -0.939. The van der Waals surface area contributed by atoms with Crippen molar-refractivity contribution in [3.63, 3.8) is 0 Å². The smallest absolute Gasteiger partial charge is 0.253 e. The Morgan fingerprint density at radius 1 is 1.07 bits per heavy atom. The van der Waals surface area contributed by atoms with Crippen LogP contribution >= 0.6 is 0 Å². The number of hydrogen-bond donors (Lipinski definition) is 1. The van der Waals surface area contributed by atoms with Crippen molar-refractivity contribution in [2.75, 3.05) is 32.7 Å². The van der Waals surface area contributed by atoms with Crippen LogP contribution < -0.4 is 5.73 Å². The molecule has 148 valence electrons. The summed E-state index contributed by atoms with van der Waals surface area (Å²) in [5, 5.41) is 9.11. The molecule has 8 heteroatoms. The summed E-state index contributed by atoms with van der Waals surface area (Å²) in [4.78, 5) is 42.3. The number of rotatable bonds is 4. The van der Waals surface area contributed by atoms with E-state index in [1.807, 2.05) is 18.2 Å². The maximum absolute atomic E-state index is 12.5. The summed E-state index contributed by atoms with van der Waals surface area (Å²) >= 11 is 0. The van der Waals surface area contributed by atoms with Gasteiger partial charge in [-0.1, -0.05) is 18.2 Å². The summed E-state index contributed by atoms with van der Waals surface area (Å²) < 4.78 is 0. The lowest BCUT2D eigenvalue weighted by Gasteiger charge is -2.35. The van der Waals surface area contributed by atoms with Crippen molar-refractivity contribution in [1.82, 2.24) is 14.7 Å². The van der Waals surface area contributed by atoms with E-state index in [-0.39, 0.29) is 24.1 Å². The van der Waals surface area contributed by atoms with Crippen LogP contribution in [0, 0.1) is 11.3 Å². The molecule has 2 heterocycles. The molecular weight excluding hydrogens is 358 g/mol. The first-order valence-electron chi connectivity index (χ1n) is 9.59. The van der Waals surface area contributed by atoms with Crippen molar-refractivity contribution in [1.29, 1.82) is 5.26 Å². The molecular formula is C20H25N5O3. The van der Waals surface area contributed by atoms with E-state index >= 15 is 0 Å². The molecule has 2 aliphatic rings. The molecule has 1 unspecified atom stereocenters. The van der Waals surface area contributed by atoms with Crippen molar-refractivity contribution < 1.29 is 14.4 Å². The Balaban J connectivity index is 1.49. The number of nitrogens with zero attached hydrogens (tertiary/aromatic N) is 4. The zero-order valence-electron chi connectivity index (χ0n) is 15.8. The van der Waals surface area contributed by atoms with Crippen LogP contribution in [-0.2, 0) is 9.59 Å². The lowest BCUT2D eigenvalue weighted by atomic mass is 10.1. The Kier molecular flexibility index (Phi) is 6.26. The van der Waals surface area contributed by atoms with E-state index in [0.29, 0.717) is 44.7 Å². The second-order valence-electron chi connectivity index (χ2n) is 7.17. The molecule has 8 nitrogen and oxygen atoms in total. The molecule has 0 aromatic heterocycles. The number of nitriles is 1. The first-order valence-corrected chi connectivity index (χ1v) is 9.59.